The Morgan fingerprint density at radius 1 is 0.878 bits per heavy atom. The monoisotopic (exact) mass is 671 g/mol. The second kappa shape index (κ2) is 14.0. The second-order valence-corrected chi connectivity index (χ2v) is 12.7. The van der Waals surface area contributed by atoms with Gasteiger partial charge < -0.3 is 15.2 Å². The lowest BCUT2D eigenvalue weighted by atomic mass is 9.90. The van der Waals surface area contributed by atoms with Crippen molar-refractivity contribution in [1.82, 2.24) is 24.3 Å². The summed E-state index contributed by atoms with van der Waals surface area (Å²) in [4.78, 5) is 34.6. The molecule has 0 spiro atoms. The Morgan fingerprint density at radius 2 is 1.67 bits per heavy atom. The van der Waals surface area contributed by atoms with Gasteiger partial charge in [0.2, 0.25) is 0 Å². The summed E-state index contributed by atoms with van der Waals surface area (Å²) in [5.74, 6) is -1.55. The highest BCUT2D eigenvalue weighted by atomic mass is 19.1. The van der Waals surface area contributed by atoms with Crippen LogP contribution in [0.1, 0.15) is 42.9 Å². The van der Waals surface area contributed by atoms with E-state index in [-0.39, 0.29) is 34.9 Å². The maximum Gasteiger partial charge on any atom is 0.337 e. The Bertz CT molecular complexity index is 2120. The fourth-order valence-electron chi connectivity index (χ4n) is 7.01. The maximum atomic E-state index is 14.5. The Hall–Kier alpha value is -4.78. The van der Waals surface area contributed by atoms with E-state index >= 15 is 0 Å². The standard InChI is InChI=1S/C37H36F3N5O4/c38-26-4-11-34(40)24(16-26)20-41-28-5-7-29(8-6-28)45-36(47)33-19-27(39)21-42-35(33)44(37(45)48)30-3-1-2-23(17-30)32-10-9-31(46)18-25(32)22-43-12-14-49-15-13-43/h1-4,9-11,16-19,21,28-29,41,46H,5-8,12-15,20,22H2. The third-order valence-corrected chi connectivity index (χ3v) is 9.54. The minimum Gasteiger partial charge on any atom is -0.508 e. The van der Waals surface area contributed by atoms with Crippen molar-refractivity contribution in [1.29, 1.82) is 0 Å². The number of benzene rings is 3. The Kier molecular flexibility index (Phi) is 9.35. The van der Waals surface area contributed by atoms with Gasteiger partial charge in [-0.3, -0.25) is 14.3 Å². The van der Waals surface area contributed by atoms with Gasteiger partial charge in [-0.1, -0.05) is 18.2 Å². The normalized spacial score (nSPS) is 18.6. The summed E-state index contributed by atoms with van der Waals surface area (Å²) in [5.41, 5.74) is 2.13. The first-order valence-corrected chi connectivity index (χ1v) is 16.5. The zero-order valence-electron chi connectivity index (χ0n) is 26.7. The summed E-state index contributed by atoms with van der Waals surface area (Å²) in [7, 11) is 0. The number of aromatic nitrogens is 3. The number of hydrogen-bond donors (Lipinski definition) is 2. The number of phenolic OH excluding ortho intramolecular Hbond substituents is 1. The van der Waals surface area contributed by atoms with Crippen LogP contribution in [0.5, 0.6) is 5.75 Å². The molecule has 9 nitrogen and oxygen atoms in total. The average molecular weight is 672 g/mol. The Labute approximate surface area is 280 Å². The second-order valence-electron chi connectivity index (χ2n) is 12.7. The maximum absolute atomic E-state index is 14.5. The summed E-state index contributed by atoms with van der Waals surface area (Å²) in [5, 5.41) is 13.6. The lowest BCUT2D eigenvalue weighted by Gasteiger charge is -2.30. The molecular weight excluding hydrogens is 635 g/mol. The molecule has 2 N–H and O–H groups in total. The van der Waals surface area contributed by atoms with E-state index < -0.39 is 34.7 Å². The van der Waals surface area contributed by atoms with Crippen molar-refractivity contribution in [3.8, 4) is 22.6 Å². The van der Waals surface area contributed by atoms with Crippen LogP contribution in [0.15, 0.2) is 82.5 Å². The molecule has 0 unspecified atom stereocenters. The molecule has 1 aliphatic carbocycles. The number of hydrogen-bond acceptors (Lipinski definition) is 7. The van der Waals surface area contributed by atoms with E-state index in [1.165, 1.54) is 15.2 Å². The van der Waals surface area contributed by atoms with E-state index in [2.05, 4.69) is 15.2 Å². The Morgan fingerprint density at radius 3 is 2.47 bits per heavy atom. The van der Waals surface area contributed by atoms with E-state index in [1.807, 2.05) is 24.3 Å². The number of rotatable bonds is 8. The van der Waals surface area contributed by atoms with Crippen LogP contribution < -0.4 is 16.6 Å². The predicted octanol–water partition coefficient (Wildman–Crippen LogP) is 5.44. The van der Waals surface area contributed by atoms with Crippen LogP contribution in [0.3, 0.4) is 0 Å². The van der Waals surface area contributed by atoms with Gasteiger partial charge in [-0.25, -0.2) is 27.5 Å². The molecule has 2 aromatic heterocycles. The van der Waals surface area contributed by atoms with Gasteiger partial charge in [0.25, 0.3) is 5.56 Å². The number of nitrogens with zero attached hydrogens (tertiary/aromatic N) is 4. The molecule has 5 aromatic rings. The molecular formula is C37H36F3N5O4. The lowest BCUT2D eigenvalue weighted by molar-refractivity contribution is 0.0342. The fraction of sp³-hybridized carbons (Fsp3) is 0.324. The number of phenols is 1. The summed E-state index contributed by atoms with van der Waals surface area (Å²) in [6.45, 7) is 3.55. The molecule has 0 atom stereocenters. The SMILES string of the molecule is O=c1c2cc(F)cnc2n(-c2cccc(-c3ccc(O)cc3CN3CCOCC3)c2)c(=O)n1C1CCC(NCc2cc(F)ccc2F)CC1. The van der Waals surface area contributed by atoms with E-state index in [4.69, 9.17) is 4.74 Å². The van der Waals surface area contributed by atoms with E-state index in [0.29, 0.717) is 51.1 Å². The van der Waals surface area contributed by atoms with Gasteiger partial charge in [-0.15, -0.1) is 0 Å². The molecule has 2 aliphatic rings. The van der Waals surface area contributed by atoms with Crippen molar-refractivity contribution in [2.45, 2.75) is 50.9 Å². The first-order valence-electron chi connectivity index (χ1n) is 16.5. The van der Waals surface area contributed by atoms with Crippen LogP contribution in [0.2, 0.25) is 0 Å². The zero-order valence-corrected chi connectivity index (χ0v) is 26.7. The van der Waals surface area contributed by atoms with Crippen molar-refractivity contribution >= 4 is 11.0 Å². The van der Waals surface area contributed by atoms with Crippen molar-refractivity contribution in [3.05, 3.63) is 122 Å². The van der Waals surface area contributed by atoms with Gasteiger partial charge in [0.15, 0.2) is 5.65 Å². The number of aromatic hydroxyl groups is 1. The van der Waals surface area contributed by atoms with Crippen molar-refractivity contribution in [3.63, 3.8) is 0 Å². The number of nitrogens with one attached hydrogen (secondary N) is 1. The first kappa shape index (κ1) is 32.8. The lowest BCUT2D eigenvalue weighted by Crippen LogP contribution is -2.44. The first-order chi connectivity index (χ1) is 23.7. The van der Waals surface area contributed by atoms with Crippen LogP contribution in [-0.2, 0) is 17.8 Å². The predicted molar refractivity (Wildman–Crippen MR) is 179 cm³/mol. The smallest absolute Gasteiger partial charge is 0.337 e. The van der Waals surface area contributed by atoms with Gasteiger partial charge in [0, 0.05) is 43.8 Å². The minimum atomic E-state index is -0.690. The van der Waals surface area contributed by atoms with Crippen LogP contribution in [0.4, 0.5) is 13.2 Å². The van der Waals surface area contributed by atoms with Crippen molar-refractivity contribution in [2.75, 3.05) is 26.3 Å². The Balaban J connectivity index is 1.22. The van der Waals surface area contributed by atoms with Crippen LogP contribution >= 0.6 is 0 Å². The highest BCUT2D eigenvalue weighted by molar-refractivity contribution is 5.77. The highest BCUT2D eigenvalue weighted by Gasteiger charge is 2.27. The average Bonchev–Trinajstić information content (AvgIpc) is 3.10. The number of morpholine rings is 1. The van der Waals surface area contributed by atoms with Gasteiger partial charge >= 0.3 is 5.69 Å². The van der Waals surface area contributed by atoms with Gasteiger partial charge in [-0.05, 0) is 90.9 Å². The number of ether oxygens (including phenoxy) is 1. The number of fused-ring (bicyclic) bond motifs is 1. The van der Waals surface area contributed by atoms with Gasteiger partial charge in [-0.2, -0.15) is 0 Å². The molecule has 1 saturated carbocycles. The van der Waals surface area contributed by atoms with Crippen molar-refractivity contribution in [2.24, 2.45) is 0 Å². The van der Waals surface area contributed by atoms with Crippen LogP contribution in [-0.4, -0.2) is 56.5 Å². The minimum absolute atomic E-state index is 0.00975. The summed E-state index contributed by atoms with van der Waals surface area (Å²) in [6, 6.07) is 16.5. The molecule has 49 heavy (non-hydrogen) atoms. The molecule has 1 saturated heterocycles. The van der Waals surface area contributed by atoms with Gasteiger partial charge in [0.05, 0.1) is 30.5 Å². The molecule has 0 bridgehead atoms. The third-order valence-electron chi connectivity index (χ3n) is 9.54. The molecule has 7 rings (SSSR count). The molecule has 3 aromatic carbocycles. The summed E-state index contributed by atoms with van der Waals surface area (Å²) >= 11 is 0. The largest absolute Gasteiger partial charge is 0.508 e. The molecule has 0 amide bonds. The zero-order chi connectivity index (χ0) is 34.1. The van der Waals surface area contributed by atoms with E-state index in [0.717, 1.165) is 54.2 Å². The number of halogens is 3. The van der Waals surface area contributed by atoms with Crippen LogP contribution in [0.25, 0.3) is 27.8 Å². The molecule has 1 aliphatic heterocycles. The molecule has 12 heteroatoms. The molecule has 2 fully saturated rings. The molecule has 3 heterocycles. The number of pyridine rings is 1. The van der Waals surface area contributed by atoms with E-state index in [1.54, 1.807) is 18.2 Å². The van der Waals surface area contributed by atoms with Gasteiger partial charge in [0.1, 0.15) is 23.2 Å². The fourth-order valence-corrected chi connectivity index (χ4v) is 7.01. The van der Waals surface area contributed by atoms with Crippen molar-refractivity contribution < 1.29 is 23.0 Å². The third kappa shape index (κ3) is 6.89. The van der Waals surface area contributed by atoms with Crippen LogP contribution in [0, 0.1) is 17.5 Å². The summed E-state index contributed by atoms with van der Waals surface area (Å²) in [6.07, 6.45) is 3.13. The topological polar surface area (TPSA) is 102 Å². The summed E-state index contributed by atoms with van der Waals surface area (Å²) < 4.78 is 50.4. The highest BCUT2D eigenvalue weighted by Crippen LogP contribution is 2.31. The van der Waals surface area contributed by atoms with E-state index in [9.17, 15) is 27.9 Å². The molecule has 0 radical (unpaired) electrons. The molecule has 254 valence electrons. The quantitative estimate of drug-likeness (QED) is 0.227.